The monoisotopic (exact) mass is 395 g/mol. The minimum atomic E-state index is -0.194. The van der Waals surface area contributed by atoms with Crippen molar-refractivity contribution in [3.8, 4) is 11.5 Å². The van der Waals surface area contributed by atoms with Crippen molar-refractivity contribution in [1.82, 2.24) is 20.2 Å². The molecule has 0 aliphatic carbocycles. The summed E-state index contributed by atoms with van der Waals surface area (Å²) in [6.07, 6.45) is 0. The van der Waals surface area contributed by atoms with E-state index in [2.05, 4.69) is 25.5 Å². The Hall–Kier alpha value is -3.33. The number of rotatable bonds is 6. The van der Waals surface area contributed by atoms with Crippen LogP contribution < -0.4 is 14.8 Å². The van der Waals surface area contributed by atoms with Crippen LogP contribution in [0.2, 0.25) is 0 Å². The first-order chi connectivity index (χ1) is 13.7. The van der Waals surface area contributed by atoms with E-state index in [1.54, 1.807) is 32.4 Å². The van der Waals surface area contributed by atoms with E-state index in [4.69, 9.17) is 9.47 Å². The summed E-state index contributed by atoms with van der Waals surface area (Å²) in [5.41, 5.74) is 2.91. The number of carbonyl (C=O) groups excluding carboxylic acids is 1. The number of aromatic nitrogens is 4. The van der Waals surface area contributed by atoms with Crippen LogP contribution in [0.1, 0.15) is 0 Å². The smallest absolute Gasteiger partial charge is 0.234 e. The van der Waals surface area contributed by atoms with Gasteiger partial charge in [-0.15, -0.1) is 10.2 Å². The van der Waals surface area contributed by atoms with Gasteiger partial charge in [-0.3, -0.25) is 4.79 Å². The molecular formula is C19H17N5O3S. The summed E-state index contributed by atoms with van der Waals surface area (Å²) in [6.45, 7) is 0. The van der Waals surface area contributed by atoms with Crippen molar-refractivity contribution in [3.05, 3.63) is 42.5 Å². The van der Waals surface area contributed by atoms with Gasteiger partial charge in [-0.25, -0.2) is 4.98 Å². The molecule has 0 saturated heterocycles. The lowest BCUT2D eigenvalue weighted by Crippen LogP contribution is -2.14. The predicted molar refractivity (Wildman–Crippen MR) is 108 cm³/mol. The van der Waals surface area contributed by atoms with E-state index in [-0.39, 0.29) is 11.7 Å². The first-order valence-corrected chi connectivity index (χ1v) is 9.41. The highest BCUT2D eigenvalue weighted by atomic mass is 32.2. The van der Waals surface area contributed by atoms with Crippen LogP contribution >= 0.6 is 11.8 Å². The van der Waals surface area contributed by atoms with Crippen LogP contribution in [0.5, 0.6) is 11.5 Å². The van der Waals surface area contributed by atoms with Crippen molar-refractivity contribution < 1.29 is 14.3 Å². The summed E-state index contributed by atoms with van der Waals surface area (Å²) in [6, 6.07) is 13.0. The van der Waals surface area contributed by atoms with Gasteiger partial charge in [0, 0.05) is 34.8 Å². The molecule has 0 spiro atoms. The van der Waals surface area contributed by atoms with Crippen LogP contribution in [-0.4, -0.2) is 46.0 Å². The quantitative estimate of drug-likeness (QED) is 0.483. The second-order valence-electron chi connectivity index (χ2n) is 5.90. The number of amides is 1. The summed E-state index contributed by atoms with van der Waals surface area (Å²) in [5.74, 6) is 1.14. The molecular weight excluding hydrogens is 378 g/mol. The number of nitrogens with one attached hydrogen (secondary N) is 2. The van der Waals surface area contributed by atoms with Crippen molar-refractivity contribution in [2.75, 3.05) is 25.3 Å². The topological polar surface area (TPSA) is 102 Å². The fourth-order valence-corrected chi connectivity index (χ4v) is 3.36. The number of hydrogen-bond donors (Lipinski definition) is 2. The molecule has 0 bridgehead atoms. The number of benzene rings is 2. The molecule has 28 heavy (non-hydrogen) atoms. The molecule has 4 aromatic rings. The van der Waals surface area contributed by atoms with E-state index in [0.717, 1.165) is 10.9 Å². The van der Waals surface area contributed by atoms with E-state index < -0.39 is 0 Å². The van der Waals surface area contributed by atoms with E-state index >= 15 is 0 Å². The lowest BCUT2D eigenvalue weighted by Gasteiger charge is -2.09. The van der Waals surface area contributed by atoms with Crippen molar-refractivity contribution in [1.29, 1.82) is 0 Å². The van der Waals surface area contributed by atoms with Crippen molar-refractivity contribution in [3.63, 3.8) is 0 Å². The Bertz CT molecular complexity index is 1140. The highest BCUT2D eigenvalue weighted by Crippen LogP contribution is 2.26. The molecule has 0 aliphatic heterocycles. The van der Waals surface area contributed by atoms with Crippen LogP contribution in [0.4, 0.5) is 5.69 Å². The number of hydrogen-bond acceptors (Lipinski definition) is 7. The van der Waals surface area contributed by atoms with Crippen LogP contribution in [0, 0.1) is 0 Å². The number of fused-ring (bicyclic) bond motifs is 3. The van der Waals surface area contributed by atoms with Crippen molar-refractivity contribution in [2.45, 2.75) is 5.16 Å². The maximum absolute atomic E-state index is 12.3. The van der Waals surface area contributed by atoms with Gasteiger partial charge in [0.1, 0.15) is 17.0 Å². The summed E-state index contributed by atoms with van der Waals surface area (Å²) in [7, 11) is 3.11. The molecule has 2 aromatic heterocycles. The van der Waals surface area contributed by atoms with Gasteiger partial charge in [-0.1, -0.05) is 30.0 Å². The molecule has 0 radical (unpaired) electrons. The number of nitrogens with zero attached hydrogens (tertiary/aromatic N) is 3. The van der Waals surface area contributed by atoms with Gasteiger partial charge in [0.05, 0.1) is 20.0 Å². The molecule has 1 amide bonds. The molecule has 0 fully saturated rings. The average Bonchev–Trinajstić information content (AvgIpc) is 3.09. The van der Waals surface area contributed by atoms with E-state index in [1.807, 2.05) is 24.3 Å². The lowest BCUT2D eigenvalue weighted by molar-refractivity contribution is -0.113. The Morgan fingerprint density at radius 3 is 2.61 bits per heavy atom. The normalized spacial score (nSPS) is 10.9. The second-order valence-corrected chi connectivity index (χ2v) is 6.84. The van der Waals surface area contributed by atoms with Crippen molar-refractivity contribution in [2.24, 2.45) is 0 Å². The van der Waals surface area contributed by atoms with Gasteiger partial charge in [0.15, 0.2) is 5.65 Å². The molecule has 0 unspecified atom stereocenters. The molecule has 9 heteroatoms. The molecule has 2 N–H and O–H groups in total. The third-order valence-electron chi connectivity index (χ3n) is 4.07. The fraction of sp³-hybridized carbons (Fsp3) is 0.158. The van der Waals surface area contributed by atoms with E-state index in [0.29, 0.717) is 33.5 Å². The second kappa shape index (κ2) is 7.73. The number of carbonyl (C=O) groups is 1. The summed E-state index contributed by atoms with van der Waals surface area (Å²) >= 11 is 1.21. The van der Waals surface area contributed by atoms with Crippen LogP contribution in [0.25, 0.3) is 22.1 Å². The number of H-pyrrole nitrogens is 1. The molecule has 142 valence electrons. The standard InChI is InChI=1S/C19H17N5O3S/c1-26-12-7-11(8-13(9-12)27-2)20-16(25)10-28-19-22-18-17(23-24-19)14-5-3-4-6-15(14)21-18/h3-9H,10H2,1-2H3,(H,20,25)(H,21,22,24). The molecule has 8 nitrogen and oxygen atoms in total. The number of anilines is 1. The summed E-state index contributed by atoms with van der Waals surface area (Å²) in [4.78, 5) is 20.0. The van der Waals surface area contributed by atoms with E-state index in [1.165, 1.54) is 11.8 Å². The van der Waals surface area contributed by atoms with Gasteiger partial charge >= 0.3 is 0 Å². The van der Waals surface area contributed by atoms with Gasteiger partial charge in [0.25, 0.3) is 0 Å². The van der Waals surface area contributed by atoms with Crippen LogP contribution in [-0.2, 0) is 4.79 Å². The number of para-hydroxylation sites is 1. The highest BCUT2D eigenvalue weighted by molar-refractivity contribution is 7.99. The zero-order chi connectivity index (χ0) is 19.5. The first-order valence-electron chi connectivity index (χ1n) is 8.43. The van der Waals surface area contributed by atoms with Gasteiger partial charge in [-0.2, -0.15) is 0 Å². The number of thioether (sulfide) groups is 1. The predicted octanol–water partition coefficient (Wildman–Crippen LogP) is 3.25. The number of aromatic amines is 1. The highest BCUT2D eigenvalue weighted by Gasteiger charge is 2.11. The van der Waals surface area contributed by atoms with Crippen LogP contribution in [0.15, 0.2) is 47.6 Å². The Labute approximate surface area is 164 Å². The van der Waals surface area contributed by atoms with Gasteiger partial charge in [-0.05, 0) is 6.07 Å². The number of methoxy groups -OCH3 is 2. The first kappa shape index (κ1) is 18.1. The SMILES string of the molecule is COc1cc(NC(=O)CSc2nnc3c(n2)[nH]c2ccccc23)cc(OC)c1. The fourth-order valence-electron chi connectivity index (χ4n) is 2.77. The Morgan fingerprint density at radius 2 is 1.86 bits per heavy atom. The minimum absolute atomic E-state index is 0.146. The maximum Gasteiger partial charge on any atom is 0.234 e. The van der Waals surface area contributed by atoms with Crippen molar-refractivity contribution >= 4 is 45.4 Å². The zero-order valence-corrected chi connectivity index (χ0v) is 16.0. The Morgan fingerprint density at radius 1 is 1.11 bits per heavy atom. The largest absolute Gasteiger partial charge is 0.497 e. The average molecular weight is 395 g/mol. The third-order valence-corrected chi connectivity index (χ3v) is 4.91. The molecule has 0 atom stereocenters. The lowest BCUT2D eigenvalue weighted by atomic mass is 10.2. The maximum atomic E-state index is 12.3. The molecule has 0 saturated carbocycles. The summed E-state index contributed by atoms with van der Waals surface area (Å²) in [5, 5.41) is 12.6. The molecule has 0 aliphatic rings. The molecule has 4 rings (SSSR count). The molecule has 2 heterocycles. The summed E-state index contributed by atoms with van der Waals surface area (Å²) < 4.78 is 10.4. The molecule has 2 aromatic carbocycles. The number of ether oxygens (including phenoxy) is 2. The Balaban J connectivity index is 1.45. The van der Waals surface area contributed by atoms with E-state index in [9.17, 15) is 4.79 Å². The minimum Gasteiger partial charge on any atom is -0.497 e. The zero-order valence-electron chi connectivity index (χ0n) is 15.2. The van der Waals surface area contributed by atoms with Crippen LogP contribution in [0.3, 0.4) is 0 Å². The van der Waals surface area contributed by atoms with Gasteiger partial charge in [0.2, 0.25) is 11.1 Å². The Kier molecular flexibility index (Phi) is 4.98. The third kappa shape index (κ3) is 3.70. The van der Waals surface area contributed by atoms with Gasteiger partial charge < -0.3 is 19.8 Å².